The molecule has 0 radical (unpaired) electrons. The summed E-state index contributed by atoms with van der Waals surface area (Å²) in [6.45, 7) is 3.54. The first kappa shape index (κ1) is 14.5. The molecule has 1 rings (SSSR count). The predicted octanol–water partition coefficient (Wildman–Crippen LogP) is 2.14. The third kappa shape index (κ3) is 5.18. The van der Waals surface area contributed by atoms with Crippen LogP contribution in [0.2, 0.25) is 0 Å². The summed E-state index contributed by atoms with van der Waals surface area (Å²) in [5, 5.41) is 13.2. The lowest BCUT2D eigenvalue weighted by Crippen LogP contribution is -2.39. The highest BCUT2D eigenvalue weighted by molar-refractivity contribution is 7.09. The van der Waals surface area contributed by atoms with Crippen LogP contribution in [0, 0.1) is 0 Å². The van der Waals surface area contributed by atoms with E-state index < -0.39 is 5.97 Å². The predicted molar refractivity (Wildman–Crippen MR) is 70.7 cm³/mol. The van der Waals surface area contributed by atoms with Gasteiger partial charge in [0.2, 0.25) is 0 Å². The molecule has 0 aliphatic rings. The van der Waals surface area contributed by atoms with E-state index in [1.165, 1.54) is 0 Å². The summed E-state index contributed by atoms with van der Waals surface area (Å²) in [7, 11) is 0. The molecule has 2 amide bonds. The molecule has 0 saturated carbocycles. The van der Waals surface area contributed by atoms with E-state index in [1.807, 2.05) is 24.4 Å². The fraction of sp³-hybridized carbons (Fsp3) is 0.500. The topological polar surface area (TPSA) is 69.6 Å². The number of carbonyl (C=O) groups is 2. The minimum absolute atomic E-state index is 0.0807. The normalized spacial score (nSPS) is 10.1. The molecular formula is C12H18N2O3S. The van der Waals surface area contributed by atoms with Gasteiger partial charge in [0.1, 0.15) is 0 Å². The van der Waals surface area contributed by atoms with E-state index in [0.717, 1.165) is 4.88 Å². The molecule has 5 nitrogen and oxygen atoms in total. The highest BCUT2D eigenvalue weighted by Crippen LogP contribution is 2.11. The molecule has 0 aromatic carbocycles. The monoisotopic (exact) mass is 270 g/mol. The summed E-state index contributed by atoms with van der Waals surface area (Å²) in [6.07, 6.45) is 0.537. The van der Waals surface area contributed by atoms with Gasteiger partial charge in [0.25, 0.3) is 0 Å². The number of carboxylic acids is 1. The van der Waals surface area contributed by atoms with Gasteiger partial charge in [0.15, 0.2) is 0 Å². The van der Waals surface area contributed by atoms with Crippen LogP contribution in [-0.2, 0) is 11.3 Å². The van der Waals surface area contributed by atoms with Crippen LogP contribution in [0.25, 0.3) is 0 Å². The van der Waals surface area contributed by atoms with Crippen LogP contribution in [-0.4, -0.2) is 35.1 Å². The molecule has 0 unspecified atom stereocenters. The van der Waals surface area contributed by atoms with Crippen molar-refractivity contribution < 1.29 is 14.7 Å². The molecule has 1 aromatic rings. The van der Waals surface area contributed by atoms with Gasteiger partial charge in [-0.05, 0) is 24.8 Å². The summed E-state index contributed by atoms with van der Waals surface area (Å²) < 4.78 is 0. The number of hydrogen-bond donors (Lipinski definition) is 2. The summed E-state index contributed by atoms with van der Waals surface area (Å²) in [6, 6.07) is 3.81. The molecule has 100 valence electrons. The molecule has 0 atom stereocenters. The first-order chi connectivity index (χ1) is 8.63. The standard InChI is InChI=1S/C12H18N2O3S/c1-2-14(9-10-5-4-8-18-10)12(17)13-7-3-6-11(15)16/h4-5,8H,2-3,6-7,9H2,1H3,(H,13,17)(H,15,16). The molecule has 18 heavy (non-hydrogen) atoms. The summed E-state index contributed by atoms with van der Waals surface area (Å²) in [5.41, 5.74) is 0. The molecule has 1 aromatic heterocycles. The van der Waals surface area contributed by atoms with Gasteiger partial charge in [-0.3, -0.25) is 4.79 Å². The minimum Gasteiger partial charge on any atom is -0.481 e. The molecule has 0 saturated heterocycles. The lowest BCUT2D eigenvalue weighted by Gasteiger charge is -2.20. The highest BCUT2D eigenvalue weighted by Gasteiger charge is 2.11. The van der Waals surface area contributed by atoms with Gasteiger partial charge in [-0.2, -0.15) is 0 Å². The molecule has 0 aliphatic carbocycles. The lowest BCUT2D eigenvalue weighted by atomic mass is 10.3. The lowest BCUT2D eigenvalue weighted by molar-refractivity contribution is -0.137. The second-order valence-corrected chi connectivity index (χ2v) is 4.86. The number of nitrogens with one attached hydrogen (secondary N) is 1. The molecule has 1 heterocycles. The van der Waals surface area contributed by atoms with E-state index >= 15 is 0 Å². The maximum atomic E-state index is 11.8. The number of nitrogens with zero attached hydrogens (tertiary/aromatic N) is 1. The van der Waals surface area contributed by atoms with Gasteiger partial charge < -0.3 is 15.3 Å². The van der Waals surface area contributed by atoms with Crippen molar-refractivity contribution in [1.82, 2.24) is 10.2 Å². The van der Waals surface area contributed by atoms with Crippen LogP contribution in [0.4, 0.5) is 4.79 Å². The average molecular weight is 270 g/mol. The van der Waals surface area contributed by atoms with Crippen molar-refractivity contribution >= 4 is 23.3 Å². The van der Waals surface area contributed by atoms with Crippen LogP contribution in [0.3, 0.4) is 0 Å². The Balaban J connectivity index is 2.31. The second-order valence-electron chi connectivity index (χ2n) is 3.82. The van der Waals surface area contributed by atoms with E-state index in [2.05, 4.69) is 5.32 Å². The van der Waals surface area contributed by atoms with E-state index in [1.54, 1.807) is 16.2 Å². The number of urea groups is 1. The van der Waals surface area contributed by atoms with E-state index in [9.17, 15) is 9.59 Å². The third-order valence-electron chi connectivity index (χ3n) is 2.44. The highest BCUT2D eigenvalue weighted by atomic mass is 32.1. The van der Waals surface area contributed by atoms with Crippen molar-refractivity contribution in [3.05, 3.63) is 22.4 Å². The Morgan fingerprint density at radius 2 is 2.28 bits per heavy atom. The zero-order valence-corrected chi connectivity index (χ0v) is 11.2. The molecule has 6 heteroatoms. The smallest absolute Gasteiger partial charge is 0.317 e. The van der Waals surface area contributed by atoms with E-state index in [4.69, 9.17) is 5.11 Å². The zero-order chi connectivity index (χ0) is 13.4. The Kier molecular flexibility index (Phi) is 6.21. The SMILES string of the molecule is CCN(Cc1cccs1)C(=O)NCCCC(=O)O. The minimum atomic E-state index is -0.838. The largest absolute Gasteiger partial charge is 0.481 e. The van der Waals surface area contributed by atoms with E-state index in [0.29, 0.717) is 26.1 Å². The molecule has 2 N–H and O–H groups in total. The van der Waals surface area contributed by atoms with Crippen molar-refractivity contribution in [3.8, 4) is 0 Å². The van der Waals surface area contributed by atoms with Gasteiger partial charge in [0.05, 0.1) is 6.54 Å². The molecule has 0 bridgehead atoms. The number of carbonyl (C=O) groups excluding carboxylic acids is 1. The Bertz CT molecular complexity index is 379. The molecule has 0 spiro atoms. The molecule has 0 fully saturated rings. The van der Waals surface area contributed by atoms with Crippen LogP contribution >= 0.6 is 11.3 Å². The summed E-state index contributed by atoms with van der Waals surface area (Å²) in [4.78, 5) is 25.0. The number of thiophene rings is 1. The van der Waals surface area contributed by atoms with Gasteiger partial charge >= 0.3 is 12.0 Å². The van der Waals surface area contributed by atoms with Gasteiger partial charge in [-0.25, -0.2) is 4.79 Å². The first-order valence-electron chi connectivity index (χ1n) is 5.90. The number of hydrogen-bond acceptors (Lipinski definition) is 3. The maximum absolute atomic E-state index is 11.8. The number of amides is 2. The van der Waals surface area contributed by atoms with Gasteiger partial charge in [0, 0.05) is 24.4 Å². The van der Waals surface area contributed by atoms with Crippen LogP contribution < -0.4 is 5.32 Å². The Labute approximate surface area is 110 Å². The quantitative estimate of drug-likeness (QED) is 0.746. The van der Waals surface area contributed by atoms with Crippen LogP contribution in [0.5, 0.6) is 0 Å². The second kappa shape index (κ2) is 7.71. The van der Waals surface area contributed by atoms with Crippen molar-refractivity contribution in [2.45, 2.75) is 26.3 Å². The van der Waals surface area contributed by atoms with Crippen LogP contribution in [0.1, 0.15) is 24.6 Å². The Morgan fingerprint density at radius 1 is 1.50 bits per heavy atom. The third-order valence-corrected chi connectivity index (χ3v) is 3.30. The number of carboxylic acid groups (broad SMARTS) is 1. The van der Waals surface area contributed by atoms with E-state index in [-0.39, 0.29) is 12.5 Å². The van der Waals surface area contributed by atoms with Crippen molar-refractivity contribution in [2.75, 3.05) is 13.1 Å². The summed E-state index contributed by atoms with van der Waals surface area (Å²) in [5.74, 6) is -0.838. The fourth-order valence-corrected chi connectivity index (χ4v) is 2.18. The van der Waals surface area contributed by atoms with Gasteiger partial charge in [-0.1, -0.05) is 6.07 Å². The summed E-state index contributed by atoms with van der Waals surface area (Å²) >= 11 is 1.62. The maximum Gasteiger partial charge on any atom is 0.317 e. The molecule has 0 aliphatic heterocycles. The number of aliphatic carboxylic acids is 1. The number of rotatable bonds is 7. The van der Waals surface area contributed by atoms with Crippen LogP contribution in [0.15, 0.2) is 17.5 Å². The zero-order valence-electron chi connectivity index (χ0n) is 10.4. The van der Waals surface area contributed by atoms with Gasteiger partial charge in [-0.15, -0.1) is 11.3 Å². The Morgan fingerprint density at radius 3 is 2.83 bits per heavy atom. The Hall–Kier alpha value is -1.56. The molecular weight excluding hydrogens is 252 g/mol. The fourth-order valence-electron chi connectivity index (χ4n) is 1.46. The van der Waals surface area contributed by atoms with Crippen molar-refractivity contribution in [1.29, 1.82) is 0 Å². The average Bonchev–Trinajstić information content (AvgIpc) is 2.84. The van der Waals surface area contributed by atoms with Crippen molar-refractivity contribution in [2.24, 2.45) is 0 Å². The van der Waals surface area contributed by atoms with Crippen molar-refractivity contribution in [3.63, 3.8) is 0 Å². The first-order valence-corrected chi connectivity index (χ1v) is 6.78.